The van der Waals surface area contributed by atoms with Crippen LogP contribution in [-0.4, -0.2) is 23.0 Å². The number of nitrogens with one attached hydrogen (secondary N) is 1. The summed E-state index contributed by atoms with van der Waals surface area (Å²) in [7, 11) is 1.47. The lowest BCUT2D eigenvalue weighted by Crippen LogP contribution is -2.17. The van der Waals surface area contributed by atoms with Gasteiger partial charge in [0.15, 0.2) is 0 Å². The molecule has 5 nitrogen and oxygen atoms in total. The average Bonchev–Trinajstić information content (AvgIpc) is 2.49. The lowest BCUT2D eigenvalue weighted by atomic mass is 10.1. The number of aryl methyl sites for hydroxylation is 1. The van der Waals surface area contributed by atoms with E-state index in [1.165, 1.54) is 32.5 Å². The van der Waals surface area contributed by atoms with E-state index in [4.69, 9.17) is 4.74 Å². The summed E-state index contributed by atoms with van der Waals surface area (Å²) in [6.45, 7) is 1.68. The Bertz CT molecular complexity index is 717. The molecular formula is C15H14F3N3O2. The third-order valence-electron chi connectivity index (χ3n) is 3.11. The number of aromatic nitrogens is 2. The molecule has 2 aromatic heterocycles. The molecule has 0 spiro atoms. The summed E-state index contributed by atoms with van der Waals surface area (Å²) in [5.41, 5.74) is 0.174. The van der Waals surface area contributed by atoms with Crippen LogP contribution in [0.25, 0.3) is 0 Å². The Morgan fingerprint density at radius 1 is 1.35 bits per heavy atom. The third-order valence-corrected chi connectivity index (χ3v) is 3.11. The Balaban J connectivity index is 2.31. The van der Waals surface area contributed by atoms with Crippen LogP contribution in [0.3, 0.4) is 0 Å². The largest absolute Gasteiger partial charge is 0.417 e. The van der Waals surface area contributed by atoms with Gasteiger partial charge >= 0.3 is 6.18 Å². The smallest absolute Gasteiger partial charge is 0.380 e. The number of anilines is 1. The normalized spacial score (nSPS) is 11.3. The first-order valence-electron chi connectivity index (χ1n) is 6.60. The van der Waals surface area contributed by atoms with E-state index in [1.807, 2.05) is 0 Å². The van der Waals surface area contributed by atoms with Crippen molar-refractivity contribution in [2.75, 3.05) is 12.4 Å². The second kappa shape index (κ2) is 6.74. The van der Waals surface area contributed by atoms with Crippen molar-refractivity contribution < 1.29 is 22.7 Å². The molecule has 0 atom stereocenters. The highest BCUT2D eigenvalue weighted by atomic mass is 19.4. The fourth-order valence-electron chi connectivity index (χ4n) is 1.92. The van der Waals surface area contributed by atoms with Gasteiger partial charge in [-0.25, -0.2) is 0 Å². The van der Waals surface area contributed by atoms with E-state index < -0.39 is 17.6 Å². The number of amides is 1. The Morgan fingerprint density at radius 2 is 2.09 bits per heavy atom. The summed E-state index contributed by atoms with van der Waals surface area (Å²) in [5, 5.41) is 2.45. The first kappa shape index (κ1) is 16.9. The van der Waals surface area contributed by atoms with Crippen molar-refractivity contribution >= 4 is 11.6 Å². The van der Waals surface area contributed by atoms with Crippen LogP contribution < -0.4 is 5.32 Å². The quantitative estimate of drug-likeness (QED) is 0.937. The van der Waals surface area contributed by atoms with Gasteiger partial charge in [-0.1, -0.05) is 0 Å². The Morgan fingerprint density at radius 3 is 2.74 bits per heavy atom. The first-order chi connectivity index (χ1) is 10.8. The number of pyridine rings is 2. The summed E-state index contributed by atoms with van der Waals surface area (Å²) in [6.07, 6.45) is -0.910. The van der Waals surface area contributed by atoms with Crippen molar-refractivity contribution in [3.05, 3.63) is 53.1 Å². The van der Waals surface area contributed by atoms with Crippen LogP contribution in [0.1, 0.15) is 27.2 Å². The van der Waals surface area contributed by atoms with Crippen molar-refractivity contribution in [3.63, 3.8) is 0 Å². The zero-order valence-electron chi connectivity index (χ0n) is 12.4. The van der Waals surface area contributed by atoms with Gasteiger partial charge in [0.25, 0.3) is 5.91 Å². The number of ether oxygens (including phenoxy) is 1. The lowest BCUT2D eigenvalue weighted by Gasteiger charge is -2.13. The molecule has 2 heterocycles. The van der Waals surface area contributed by atoms with E-state index in [-0.39, 0.29) is 23.6 Å². The molecule has 0 saturated carbocycles. The van der Waals surface area contributed by atoms with Crippen molar-refractivity contribution in [2.45, 2.75) is 19.7 Å². The number of methoxy groups -OCH3 is 1. The molecule has 0 fully saturated rings. The van der Waals surface area contributed by atoms with E-state index in [0.29, 0.717) is 5.56 Å². The highest BCUT2D eigenvalue weighted by molar-refractivity contribution is 6.05. The molecule has 0 bridgehead atoms. The van der Waals surface area contributed by atoms with Crippen LogP contribution >= 0.6 is 0 Å². The average molecular weight is 325 g/mol. The highest BCUT2D eigenvalue weighted by Gasteiger charge is 2.31. The van der Waals surface area contributed by atoms with Gasteiger partial charge < -0.3 is 10.1 Å². The minimum Gasteiger partial charge on any atom is -0.380 e. The third kappa shape index (κ3) is 4.04. The molecule has 0 aliphatic carbocycles. The van der Waals surface area contributed by atoms with Gasteiger partial charge in [-0.2, -0.15) is 13.2 Å². The molecular weight excluding hydrogens is 311 g/mol. The van der Waals surface area contributed by atoms with E-state index in [9.17, 15) is 18.0 Å². The molecule has 23 heavy (non-hydrogen) atoms. The number of nitrogens with zero attached hydrogens (tertiary/aromatic N) is 2. The Hall–Kier alpha value is -2.48. The standard InChI is InChI=1S/C15H14F3N3O2/c1-9-13(5-11(7-20-9)15(16,17)18)21-14(22)12-3-4-19-6-10(12)8-23-2/h3-7H,8H2,1-2H3,(H,21,22). The summed E-state index contributed by atoms with van der Waals surface area (Å²) >= 11 is 0. The van der Waals surface area contributed by atoms with Gasteiger partial charge in [-0.3, -0.25) is 14.8 Å². The molecule has 0 saturated heterocycles. The Kier molecular flexibility index (Phi) is 4.95. The summed E-state index contributed by atoms with van der Waals surface area (Å²) in [5.74, 6) is -0.552. The molecule has 0 aliphatic heterocycles. The lowest BCUT2D eigenvalue weighted by molar-refractivity contribution is -0.137. The molecule has 0 unspecified atom stereocenters. The van der Waals surface area contributed by atoms with Crippen LogP contribution in [0.15, 0.2) is 30.7 Å². The molecule has 0 aromatic carbocycles. The summed E-state index contributed by atoms with van der Waals surface area (Å²) in [4.78, 5) is 19.9. The first-order valence-corrected chi connectivity index (χ1v) is 6.60. The van der Waals surface area contributed by atoms with Crippen LogP contribution in [0, 0.1) is 6.92 Å². The number of hydrogen-bond donors (Lipinski definition) is 1. The molecule has 2 aromatic rings. The fourth-order valence-corrected chi connectivity index (χ4v) is 1.92. The second-order valence-corrected chi connectivity index (χ2v) is 4.77. The van der Waals surface area contributed by atoms with Crippen LogP contribution in [-0.2, 0) is 17.5 Å². The molecule has 0 radical (unpaired) electrons. The van der Waals surface area contributed by atoms with Crippen LogP contribution in [0.2, 0.25) is 0 Å². The second-order valence-electron chi connectivity index (χ2n) is 4.77. The number of hydrogen-bond acceptors (Lipinski definition) is 4. The number of halogens is 3. The molecule has 1 amide bonds. The molecule has 8 heteroatoms. The maximum atomic E-state index is 12.7. The van der Waals surface area contributed by atoms with E-state index in [0.717, 1.165) is 12.3 Å². The SMILES string of the molecule is COCc1cnccc1C(=O)Nc1cc(C(F)(F)F)cnc1C. The summed E-state index contributed by atoms with van der Waals surface area (Å²) in [6, 6.07) is 2.33. The van der Waals surface area contributed by atoms with Gasteiger partial charge in [0.1, 0.15) is 0 Å². The minimum atomic E-state index is -4.53. The molecule has 2 rings (SSSR count). The monoisotopic (exact) mass is 325 g/mol. The topological polar surface area (TPSA) is 64.1 Å². The maximum Gasteiger partial charge on any atom is 0.417 e. The van der Waals surface area contributed by atoms with E-state index >= 15 is 0 Å². The van der Waals surface area contributed by atoms with Gasteiger partial charge in [0.05, 0.1) is 23.6 Å². The van der Waals surface area contributed by atoms with E-state index in [2.05, 4.69) is 15.3 Å². The van der Waals surface area contributed by atoms with Gasteiger partial charge in [-0.15, -0.1) is 0 Å². The predicted octanol–water partition coefficient (Wildman–Crippen LogP) is 3.20. The number of rotatable bonds is 4. The van der Waals surface area contributed by atoms with Gasteiger partial charge in [0, 0.05) is 36.8 Å². The zero-order chi connectivity index (χ0) is 17.0. The number of carbonyl (C=O) groups excluding carboxylic acids is 1. The Labute approximate surface area is 130 Å². The molecule has 1 N–H and O–H groups in total. The zero-order valence-corrected chi connectivity index (χ0v) is 12.4. The van der Waals surface area contributed by atoms with Gasteiger partial charge in [-0.05, 0) is 19.1 Å². The van der Waals surface area contributed by atoms with Crippen molar-refractivity contribution in [1.82, 2.24) is 9.97 Å². The van der Waals surface area contributed by atoms with Crippen LogP contribution in [0.5, 0.6) is 0 Å². The summed E-state index contributed by atoms with van der Waals surface area (Å²) < 4.78 is 43.2. The molecule has 122 valence electrons. The van der Waals surface area contributed by atoms with E-state index in [1.54, 1.807) is 0 Å². The fraction of sp³-hybridized carbons (Fsp3) is 0.267. The number of carbonyl (C=O) groups is 1. The predicted molar refractivity (Wildman–Crippen MR) is 76.9 cm³/mol. The molecule has 0 aliphatic rings. The maximum absolute atomic E-state index is 12.7. The minimum absolute atomic E-state index is 0.00463. The van der Waals surface area contributed by atoms with Gasteiger partial charge in [0.2, 0.25) is 0 Å². The van der Waals surface area contributed by atoms with Crippen molar-refractivity contribution in [2.24, 2.45) is 0 Å². The van der Waals surface area contributed by atoms with Crippen molar-refractivity contribution in [1.29, 1.82) is 0 Å². The van der Waals surface area contributed by atoms with Crippen LogP contribution in [0.4, 0.5) is 18.9 Å². The highest BCUT2D eigenvalue weighted by Crippen LogP contribution is 2.31. The number of alkyl halides is 3. The van der Waals surface area contributed by atoms with Crippen molar-refractivity contribution in [3.8, 4) is 0 Å².